The van der Waals surface area contributed by atoms with Gasteiger partial charge in [-0.2, -0.15) is 4.98 Å². The molecule has 3 fully saturated rings. The zero-order chi connectivity index (χ0) is 14.4. The summed E-state index contributed by atoms with van der Waals surface area (Å²) in [7, 11) is 2.27. The maximum absolute atomic E-state index is 5.59. The molecule has 2 bridgehead atoms. The summed E-state index contributed by atoms with van der Waals surface area (Å²) in [6.45, 7) is 3.36. The molecule has 5 nitrogen and oxygen atoms in total. The van der Waals surface area contributed by atoms with Crippen molar-refractivity contribution in [3.05, 3.63) is 11.7 Å². The Hall–Kier alpha value is -0.940. The van der Waals surface area contributed by atoms with Gasteiger partial charge in [0.15, 0.2) is 5.82 Å². The molecule has 3 aliphatic rings. The third kappa shape index (κ3) is 2.50. The fourth-order valence-electron chi connectivity index (χ4n) is 4.47. The van der Waals surface area contributed by atoms with Crippen molar-refractivity contribution in [1.82, 2.24) is 20.4 Å². The van der Waals surface area contributed by atoms with Crippen molar-refractivity contribution in [1.29, 1.82) is 0 Å². The van der Waals surface area contributed by atoms with E-state index in [4.69, 9.17) is 9.51 Å². The minimum Gasteiger partial charge on any atom is -0.338 e. The first-order valence-corrected chi connectivity index (χ1v) is 8.49. The average molecular weight is 290 g/mol. The number of nitrogens with zero attached hydrogens (tertiary/aromatic N) is 3. The van der Waals surface area contributed by atoms with E-state index in [0.717, 1.165) is 42.7 Å². The van der Waals surface area contributed by atoms with Crippen molar-refractivity contribution in [3.63, 3.8) is 0 Å². The van der Waals surface area contributed by atoms with Crippen LogP contribution < -0.4 is 5.32 Å². The van der Waals surface area contributed by atoms with Crippen molar-refractivity contribution in [2.24, 2.45) is 5.92 Å². The van der Waals surface area contributed by atoms with E-state index in [1.807, 2.05) is 0 Å². The summed E-state index contributed by atoms with van der Waals surface area (Å²) in [4.78, 5) is 7.31. The zero-order valence-corrected chi connectivity index (χ0v) is 13.1. The molecule has 4 atom stereocenters. The fourth-order valence-corrected chi connectivity index (χ4v) is 4.47. The normalized spacial score (nSPS) is 40.6. The lowest BCUT2D eigenvalue weighted by molar-refractivity contribution is 0.157. The second-order valence-electron chi connectivity index (χ2n) is 7.35. The smallest absolute Gasteiger partial charge is 0.243 e. The molecule has 3 saturated heterocycles. The van der Waals surface area contributed by atoms with Gasteiger partial charge in [0, 0.05) is 18.0 Å². The van der Waals surface area contributed by atoms with Crippen molar-refractivity contribution >= 4 is 0 Å². The number of fused-ring (bicyclic) bond motifs is 2. The Bertz CT molecular complexity index is 488. The van der Waals surface area contributed by atoms with Gasteiger partial charge in [-0.05, 0) is 58.0 Å². The Morgan fingerprint density at radius 1 is 1.14 bits per heavy atom. The molecule has 4 rings (SSSR count). The summed E-state index contributed by atoms with van der Waals surface area (Å²) < 4.78 is 5.59. The van der Waals surface area contributed by atoms with Crippen molar-refractivity contribution in [2.75, 3.05) is 13.6 Å². The monoisotopic (exact) mass is 290 g/mol. The molecule has 21 heavy (non-hydrogen) atoms. The van der Waals surface area contributed by atoms with Gasteiger partial charge < -0.3 is 14.7 Å². The Kier molecular flexibility index (Phi) is 3.50. The number of rotatable bonds is 2. The molecule has 0 aliphatic carbocycles. The van der Waals surface area contributed by atoms with Gasteiger partial charge in [0.25, 0.3) is 0 Å². The predicted octanol–water partition coefficient (Wildman–Crippen LogP) is 2.47. The molecular formula is C16H26N4O. The number of nitrogens with one attached hydrogen (secondary N) is 1. The minimum absolute atomic E-state index is 0.262. The van der Waals surface area contributed by atoms with E-state index in [9.17, 15) is 0 Å². The molecule has 3 aliphatic heterocycles. The maximum atomic E-state index is 5.59. The van der Waals surface area contributed by atoms with Crippen molar-refractivity contribution < 1.29 is 4.52 Å². The van der Waals surface area contributed by atoms with Crippen LogP contribution in [0.25, 0.3) is 0 Å². The molecule has 116 valence electrons. The highest BCUT2D eigenvalue weighted by atomic mass is 16.5. The van der Waals surface area contributed by atoms with Gasteiger partial charge >= 0.3 is 0 Å². The van der Waals surface area contributed by atoms with E-state index >= 15 is 0 Å². The lowest BCUT2D eigenvalue weighted by atomic mass is 9.90. The highest BCUT2D eigenvalue weighted by Gasteiger charge is 2.40. The zero-order valence-electron chi connectivity index (χ0n) is 13.1. The molecule has 1 aromatic heterocycles. The van der Waals surface area contributed by atoms with Crippen LogP contribution in [0.4, 0.5) is 0 Å². The van der Waals surface area contributed by atoms with E-state index < -0.39 is 0 Å². The molecule has 5 heteroatoms. The summed E-state index contributed by atoms with van der Waals surface area (Å²) >= 11 is 0. The lowest BCUT2D eigenvalue weighted by Gasteiger charge is -2.34. The highest BCUT2D eigenvalue weighted by Crippen LogP contribution is 2.41. The molecule has 0 spiro atoms. The molecule has 0 amide bonds. The molecule has 0 aromatic carbocycles. The van der Waals surface area contributed by atoms with Crippen LogP contribution in [0.1, 0.15) is 69.1 Å². The van der Waals surface area contributed by atoms with E-state index in [2.05, 4.69) is 29.3 Å². The van der Waals surface area contributed by atoms with Crippen molar-refractivity contribution in [2.45, 2.75) is 69.5 Å². The Balaban J connectivity index is 1.47. The van der Waals surface area contributed by atoms with Gasteiger partial charge in [-0.15, -0.1) is 0 Å². The number of hydrogen-bond acceptors (Lipinski definition) is 5. The van der Waals surface area contributed by atoms with Crippen LogP contribution in [0.2, 0.25) is 0 Å². The summed E-state index contributed by atoms with van der Waals surface area (Å²) in [6.07, 6.45) is 7.42. The second kappa shape index (κ2) is 5.36. The van der Waals surface area contributed by atoms with Gasteiger partial charge in [-0.25, -0.2) is 0 Å². The maximum Gasteiger partial charge on any atom is 0.243 e. The Morgan fingerprint density at radius 3 is 2.62 bits per heavy atom. The molecule has 4 heterocycles. The topological polar surface area (TPSA) is 54.2 Å². The van der Waals surface area contributed by atoms with Crippen LogP contribution in [0.15, 0.2) is 4.52 Å². The van der Waals surface area contributed by atoms with Crippen LogP contribution in [0, 0.1) is 5.92 Å². The van der Waals surface area contributed by atoms with Gasteiger partial charge in [0.1, 0.15) is 0 Å². The lowest BCUT2D eigenvalue weighted by Crippen LogP contribution is -2.39. The van der Waals surface area contributed by atoms with Crippen molar-refractivity contribution in [3.8, 4) is 0 Å². The molecule has 0 saturated carbocycles. The molecular weight excluding hydrogens is 264 g/mol. The number of hydrogen-bond donors (Lipinski definition) is 1. The second-order valence-corrected chi connectivity index (χ2v) is 7.35. The molecule has 1 aromatic rings. The third-order valence-corrected chi connectivity index (χ3v) is 5.88. The predicted molar refractivity (Wildman–Crippen MR) is 80.0 cm³/mol. The molecule has 4 unspecified atom stereocenters. The van der Waals surface area contributed by atoms with Gasteiger partial charge in [-0.1, -0.05) is 12.1 Å². The van der Waals surface area contributed by atoms with E-state index in [1.165, 1.54) is 32.1 Å². The van der Waals surface area contributed by atoms with Crippen LogP contribution in [-0.2, 0) is 0 Å². The van der Waals surface area contributed by atoms with Crippen LogP contribution >= 0.6 is 0 Å². The van der Waals surface area contributed by atoms with Gasteiger partial charge in [0.2, 0.25) is 5.89 Å². The van der Waals surface area contributed by atoms with E-state index in [1.54, 1.807) is 0 Å². The number of piperidine rings is 2. The fraction of sp³-hybridized carbons (Fsp3) is 0.875. The van der Waals surface area contributed by atoms with Crippen LogP contribution in [0.5, 0.6) is 0 Å². The minimum atomic E-state index is 0.262. The Labute approximate surface area is 126 Å². The first-order chi connectivity index (χ1) is 10.2. The largest absolute Gasteiger partial charge is 0.338 e. The Morgan fingerprint density at radius 2 is 1.90 bits per heavy atom. The van der Waals surface area contributed by atoms with E-state index in [0.29, 0.717) is 5.92 Å². The van der Waals surface area contributed by atoms with Crippen LogP contribution in [-0.4, -0.2) is 40.7 Å². The average Bonchev–Trinajstić information content (AvgIpc) is 3.02. The molecule has 0 radical (unpaired) electrons. The first-order valence-electron chi connectivity index (χ1n) is 8.49. The SMILES string of the molecule is CC1CCNC(c2nc(C3CC4CCC(C3)N4C)no2)C1. The first kappa shape index (κ1) is 13.7. The standard InChI is InChI=1S/C16H26N4O/c1-10-5-6-17-14(7-10)16-18-15(19-21-16)11-8-12-3-4-13(9-11)20(12)2/h10-14,17H,3-9H2,1-2H3. The van der Waals surface area contributed by atoms with Gasteiger partial charge in [0.05, 0.1) is 6.04 Å². The summed E-state index contributed by atoms with van der Waals surface area (Å²) in [5.74, 6) is 3.00. The summed E-state index contributed by atoms with van der Waals surface area (Å²) in [6, 6.07) is 1.71. The molecule has 1 N–H and O–H groups in total. The summed E-state index contributed by atoms with van der Waals surface area (Å²) in [5, 5.41) is 7.83. The van der Waals surface area contributed by atoms with Crippen LogP contribution in [0.3, 0.4) is 0 Å². The summed E-state index contributed by atoms with van der Waals surface area (Å²) in [5.41, 5.74) is 0. The quantitative estimate of drug-likeness (QED) is 0.907. The highest BCUT2D eigenvalue weighted by molar-refractivity contribution is 5.06. The van der Waals surface area contributed by atoms with E-state index in [-0.39, 0.29) is 6.04 Å². The number of aromatic nitrogens is 2. The third-order valence-electron chi connectivity index (χ3n) is 5.88. The van der Waals surface area contributed by atoms with Gasteiger partial charge in [-0.3, -0.25) is 0 Å².